The summed E-state index contributed by atoms with van der Waals surface area (Å²) in [6.45, 7) is 4.28. The zero-order chi connectivity index (χ0) is 12.8. The van der Waals surface area contributed by atoms with Crippen LogP contribution in [0.15, 0.2) is 6.20 Å². The number of hydrogen-bond acceptors (Lipinski definition) is 4. The highest BCUT2D eigenvalue weighted by Gasteiger charge is 2.13. The summed E-state index contributed by atoms with van der Waals surface area (Å²) in [7, 11) is 1.77. The second-order valence-electron chi connectivity index (χ2n) is 4.33. The minimum absolute atomic E-state index is 0.0126. The highest BCUT2D eigenvalue weighted by Crippen LogP contribution is 2.00. The van der Waals surface area contributed by atoms with E-state index in [-0.39, 0.29) is 25.1 Å². The van der Waals surface area contributed by atoms with Gasteiger partial charge in [0, 0.05) is 25.9 Å². The summed E-state index contributed by atoms with van der Waals surface area (Å²) in [4.78, 5) is 13.5. The smallest absolute Gasteiger partial charge is 0.244 e. The zero-order valence-electron chi connectivity index (χ0n) is 10.6. The van der Waals surface area contributed by atoms with Gasteiger partial charge in [-0.2, -0.15) is 0 Å². The van der Waals surface area contributed by atoms with Gasteiger partial charge in [-0.25, -0.2) is 4.68 Å². The fourth-order valence-electron chi connectivity index (χ4n) is 1.33. The van der Waals surface area contributed by atoms with Gasteiger partial charge in [0.05, 0.1) is 5.69 Å². The van der Waals surface area contributed by atoms with Crippen LogP contribution in [0.5, 0.6) is 0 Å². The van der Waals surface area contributed by atoms with Crippen LogP contribution < -0.4 is 0 Å². The van der Waals surface area contributed by atoms with Gasteiger partial charge >= 0.3 is 0 Å². The molecule has 0 bridgehead atoms. The molecule has 0 aliphatic heterocycles. The number of likely N-dealkylation sites (N-methyl/N-ethyl adjacent to an activating group) is 1. The number of carbonyl (C=O) groups is 1. The molecule has 1 rings (SSSR count). The van der Waals surface area contributed by atoms with Crippen molar-refractivity contribution in [2.45, 2.75) is 39.3 Å². The van der Waals surface area contributed by atoms with Gasteiger partial charge in [0.15, 0.2) is 0 Å². The summed E-state index contributed by atoms with van der Waals surface area (Å²) >= 11 is 0. The lowest BCUT2D eigenvalue weighted by molar-refractivity contribution is -0.132. The highest BCUT2D eigenvalue weighted by atomic mass is 16.2. The van der Waals surface area contributed by atoms with E-state index in [0.29, 0.717) is 12.8 Å². The lowest BCUT2D eigenvalue weighted by atomic mass is 10.3. The molecule has 0 aliphatic carbocycles. The lowest BCUT2D eigenvalue weighted by Crippen LogP contribution is -2.35. The molecule has 1 amide bonds. The Morgan fingerprint density at radius 1 is 1.59 bits per heavy atom. The van der Waals surface area contributed by atoms with Gasteiger partial charge < -0.3 is 10.0 Å². The molecule has 0 unspecified atom stereocenters. The van der Waals surface area contributed by atoms with Crippen LogP contribution in [0.1, 0.15) is 26.0 Å². The van der Waals surface area contributed by atoms with Gasteiger partial charge in [-0.3, -0.25) is 4.79 Å². The van der Waals surface area contributed by atoms with Crippen molar-refractivity contribution in [2.75, 3.05) is 13.7 Å². The maximum absolute atomic E-state index is 11.8. The molecule has 1 heterocycles. The molecular formula is C11H20N4O2. The molecule has 0 atom stereocenters. The Hall–Kier alpha value is -1.43. The molecule has 0 saturated heterocycles. The standard InChI is InChI=1S/C11H20N4O2/c1-9(2)14(3)11(17)8-15-7-10(12-13-15)5-4-6-16/h7,9,16H,4-6,8H2,1-3H3. The van der Waals surface area contributed by atoms with Crippen LogP contribution >= 0.6 is 0 Å². The maximum atomic E-state index is 11.8. The first-order valence-electron chi connectivity index (χ1n) is 5.80. The Morgan fingerprint density at radius 2 is 2.29 bits per heavy atom. The molecule has 0 aromatic carbocycles. The van der Waals surface area contributed by atoms with Crippen LogP contribution in [-0.2, 0) is 17.8 Å². The molecule has 6 heteroatoms. The first kappa shape index (κ1) is 13.6. The van der Waals surface area contributed by atoms with Gasteiger partial charge in [0.2, 0.25) is 5.91 Å². The van der Waals surface area contributed by atoms with E-state index >= 15 is 0 Å². The highest BCUT2D eigenvalue weighted by molar-refractivity contribution is 5.75. The summed E-state index contributed by atoms with van der Waals surface area (Å²) in [5.74, 6) is 0.0126. The van der Waals surface area contributed by atoms with Gasteiger partial charge in [0.1, 0.15) is 6.54 Å². The van der Waals surface area contributed by atoms with Gasteiger partial charge in [-0.05, 0) is 26.7 Å². The van der Waals surface area contributed by atoms with E-state index in [0.717, 1.165) is 5.69 Å². The van der Waals surface area contributed by atoms with E-state index in [1.165, 1.54) is 4.68 Å². The number of amides is 1. The zero-order valence-corrected chi connectivity index (χ0v) is 10.6. The van der Waals surface area contributed by atoms with E-state index < -0.39 is 0 Å². The SMILES string of the molecule is CC(C)N(C)C(=O)Cn1cc(CCCO)nn1. The summed E-state index contributed by atoms with van der Waals surface area (Å²) in [5, 5.41) is 16.5. The van der Waals surface area contributed by atoms with Crippen LogP contribution in [0.4, 0.5) is 0 Å². The molecule has 0 radical (unpaired) electrons. The predicted molar refractivity (Wildman–Crippen MR) is 63.3 cm³/mol. The number of carbonyl (C=O) groups excluding carboxylic acids is 1. The van der Waals surface area contributed by atoms with Crippen molar-refractivity contribution in [1.29, 1.82) is 0 Å². The third-order valence-corrected chi connectivity index (χ3v) is 2.64. The van der Waals surface area contributed by atoms with Crippen molar-refractivity contribution in [3.63, 3.8) is 0 Å². The Bertz CT molecular complexity index is 362. The molecule has 6 nitrogen and oxygen atoms in total. The number of rotatable bonds is 6. The third kappa shape index (κ3) is 4.14. The summed E-state index contributed by atoms with van der Waals surface area (Å²) in [5.41, 5.74) is 0.805. The van der Waals surface area contributed by atoms with E-state index in [4.69, 9.17) is 5.11 Å². The fourth-order valence-corrected chi connectivity index (χ4v) is 1.33. The molecule has 1 aromatic rings. The molecule has 1 N–H and O–H groups in total. The van der Waals surface area contributed by atoms with Gasteiger partial charge in [-0.15, -0.1) is 5.10 Å². The van der Waals surface area contributed by atoms with Crippen LogP contribution in [-0.4, -0.2) is 50.6 Å². The largest absolute Gasteiger partial charge is 0.396 e. The normalized spacial score (nSPS) is 10.9. The molecule has 0 spiro atoms. The van der Waals surface area contributed by atoms with Crippen molar-refractivity contribution in [2.24, 2.45) is 0 Å². The Labute approximate surface area is 101 Å². The van der Waals surface area contributed by atoms with Crippen LogP contribution in [0.25, 0.3) is 0 Å². The molecule has 0 aliphatic rings. The van der Waals surface area contributed by atoms with Crippen LogP contribution in [0.2, 0.25) is 0 Å². The topological polar surface area (TPSA) is 71.2 Å². The molecule has 96 valence electrons. The van der Waals surface area contributed by atoms with Crippen molar-refractivity contribution in [1.82, 2.24) is 19.9 Å². The number of aryl methyl sites for hydroxylation is 1. The maximum Gasteiger partial charge on any atom is 0.244 e. The quantitative estimate of drug-likeness (QED) is 0.764. The van der Waals surface area contributed by atoms with Gasteiger partial charge in [0.25, 0.3) is 0 Å². The third-order valence-electron chi connectivity index (χ3n) is 2.64. The molecule has 0 saturated carbocycles. The monoisotopic (exact) mass is 240 g/mol. The molecule has 0 fully saturated rings. The van der Waals surface area contributed by atoms with E-state index in [2.05, 4.69) is 10.3 Å². The Morgan fingerprint density at radius 3 is 2.88 bits per heavy atom. The number of aliphatic hydroxyl groups excluding tert-OH is 1. The van der Waals surface area contributed by atoms with Crippen molar-refractivity contribution < 1.29 is 9.90 Å². The molecule has 17 heavy (non-hydrogen) atoms. The van der Waals surface area contributed by atoms with Crippen molar-refractivity contribution in [3.05, 3.63) is 11.9 Å². The minimum Gasteiger partial charge on any atom is -0.396 e. The van der Waals surface area contributed by atoms with Gasteiger partial charge in [-0.1, -0.05) is 5.21 Å². The summed E-state index contributed by atoms with van der Waals surface area (Å²) in [6, 6.07) is 0.180. The molecular weight excluding hydrogens is 220 g/mol. The second-order valence-corrected chi connectivity index (χ2v) is 4.33. The van der Waals surface area contributed by atoms with Crippen LogP contribution in [0.3, 0.4) is 0 Å². The number of hydrogen-bond donors (Lipinski definition) is 1. The summed E-state index contributed by atoms with van der Waals surface area (Å²) < 4.78 is 1.54. The van der Waals surface area contributed by atoms with E-state index in [1.54, 1.807) is 18.1 Å². The predicted octanol–water partition coefficient (Wildman–Crippen LogP) is 0.0698. The van der Waals surface area contributed by atoms with E-state index in [1.807, 2.05) is 13.8 Å². The average Bonchev–Trinajstić information content (AvgIpc) is 2.72. The lowest BCUT2D eigenvalue weighted by Gasteiger charge is -2.20. The number of aliphatic hydroxyl groups is 1. The first-order chi connectivity index (χ1) is 8.04. The fraction of sp³-hybridized carbons (Fsp3) is 0.727. The number of nitrogens with zero attached hydrogens (tertiary/aromatic N) is 4. The Kier molecular flexibility index (Phi) is 5.09. The van der Waals surface area contributed by atoms with E-state index in [9.17, 15) is 4.79 Å². The van der Waals surface area contributed by atoms with Crippen molar-refractivity contribution in [3.8, 4) is 0 Å². The Balaban J connectivity index is 2.51. The van der Waals surface area contributed by atoms with Crippen molar-refractivity contribution >= 4 is 5.91 Å². The summed E-state index contributed by atoms with van der Waals surface area (Å²) in [6.07, 6.45) is 3.10. The minimum atomic E-state index is 0.0126. The average molecular weight is 240 g/mol. The second kappa shape index (κ2) is 6.34. The number of aromatic nitrogens is 3. The van der Waals surface area contributed by atoms with Crippen LogP contribution in [0, 0.1) is 0 Å². The molecule has 1 aromatic heterocycles. The first-order valence-corrected chi connectivity index (χ1v) is 5.80.